The van der Waals surface area contributed by atoms with E-state index in [1.807, 2.05) is 6.20 Å². The van der Waals surface area contributed by atoms with Crippen molar-refractivity contribution in [2.75, 3.05) is 25.1 Å². The molecule has 3 N–H and O–H groups in total. The molecule has 2 atom stereocenters. The van der Waals surface area contributed by atoms with E-state index < -0.39 is 0 Å². The number of nitrogens with one attached hydrogen (secondary N) is 1. The summed E-state index contributed by atoms with van der Waals surface area (Å²) < 4.78 is 19.8. The maximum Gasteiger partial charge on any atom is 0.134 e. The number of halogens is 1. The molecule has 1 aromatic carbocycles. The zero-order valence-corrected chi connectivity index (χ0v) is 16.4. The van der Waals surface area contributed by atoms with E-state index in [0.717, 1.165) is 36.5 Å². The summed E-state index contributed by atoms with van der Waals surface area (Å²) in [4.78, 5) is 7.26. The molecule has 0 radical (unpaired) electrons. The second-order valence-corrected chi connectivity index (χ2v) is 7.56. The maximum absolute atomic E-state index is 14.5. The Balaban J connectivity index is 1.59. The normalized spacial score (nSPS) is 21.6. The number of methoxy groups -OCH3 is 1. The number of pyridine rings is 1. The van der Waals surface area contributed by atoms with Crippen LogP contribution in [-0.4, -0.2) is 31.2 Å². The van der Waals surface area contributed by atoms with Crippen LogP contribution in [0.4, 0.5) is 10.2 Å². The smallest absolute Gasteiger partial charge is 0.134 e. The van der Waals surface area contributed by atoms with Crippen molar-refractivity contribution in [1.82, 2.24) is 10.3 Å². The van der Waals surface area contributed by atoms with Crippen LogP contribution in [0.15, 0.2) is 36.5 Å². The average Bonchev–Trinajstić information content (AvgIpc) is 3.36. The third-order valence-corrected chi connectivity index (χ3v) is 5.68. The Bertz CT molecular complexity index is 898. The Kier molecular flexibility index (Phi) is 5.22. The summed E-state index contributed by atoms with van der Waals surface area (Å²) >= 11 is 0. The first-order valence-electron chi connectivity index (χ1n) is 9.84. The number of ether oxygens (including phenoxy) is 1. The first kappa shape index (κ1) is 18.7. The second kappa shape index (κ2) is 7.80. The average molecular weight is 382 g/mol. The van der Waals surface area contributed by atoms with E-state index in [-0.39, 0.29) is 11.9 Å². The fraction of sp³-hybridized carbons (Fsp3) is 0.409. The number of benzene rings is 1. The molecule has 0 saturated carbocycles. The number of rotatable bonds is 5. The summed E-state index contributed by atoms with van der Waals surface area (Å²) in [6.45, 7) is 3.72. The quantitative estimate of drug-likeness (QED) is 0.828. The third-order valence-electron chi connectivity index (χ3n) is 5.68. The number of nitrogens with two attached hydrogens (primary N) is 1. The lowest BCUT2D eigenvalue weighted by Crippen LogP contribution is -2.36. The van der Waals surface area contributed by atoms with Crippen LogP contribution < -0.4 is 20.7 Å². The molecule has 148 valence electrons. The van der Waals surface area contributed by atoms with Crippen molar-refractivity contribution in [3.05, 3.63) is 59.2 Å². The van der Waals surface area contributed by atoms with Gasteiger partial charge in [0.05, 0.1) is 24.4 Å². The van der Waals surface area contributed by atoms with Crippen LogP contribution in [0.2, 0.25) is 0 Å². The van der Waals surface area contributed by atoms with Gasteiger partial charge in [0.15, 0.2) is 0 Å². The predicted octanol–water partition coefficient (Wildman–Crippen LogP) is 3.54. The molecule has 2 aliphatic rings. The molecule has 28 heavy (non-hydrogen) atoms. The lowest BCUT2D eigenvalue weighted by atomic mass is 9.99. The van der Waals surface area contributed by atoms with Crippen LogP contribution in [0.5, 0.6) is 5.75 Å². The zero-order valence-electron chi connectivity index (χ0n) is 16.4. The molecule has 1 fully saturated rings. The molecular weight excluding hydrogens is 355 g/mol. The number of hydrogen-bond donors (Lipinski definition) is 2. The second-order valence-electron chi connectivity index (χ2n) is 7.56. The molecule has 0 aliphatic carbocycles. The monoisotopic (exact) mass is 382 g/mol. The summed E-state index contributed by atoms with van der Waals surface area (Å²) in [5, 5.41) is 3.38. The number of nitrogens with zero attached hydrogens (tertiary/aromatic N) is 2. The minimum absolute atomic E-state index is 0.0110. The van der Waals surface area contributed by atoms with Gasteiger partial charge in [-0.15, -0.1) is 0 Å². The van der Waals surface area contributed by atoms with Crippen LogP contribution in [0.1, 0.15) is 42.1 Å². The molecule has 3 heterocycles. The summed E-state index contributed by atoms with van der Waals surface area (Å²) in [5.41, 5.74) is 9.50. The molecule has 2 aliphatic heterocycles. The van der Waals surface area contributed by atoms with Crippen molar-refractivity contribution in [1.29, 1.82) is 0 Å². The Hall–Kier alpha value is -2.60. The molecule has 1 saturated heterocycles. The highest BCUT2D eigenvalue weighted by Crippen LogP contribution is 2.38. The summed E-state index contributed by atoms with van der Waals surface area (Å²) in [6.07, 6.45) is 4.80. The molecule has 1 aromatic heterocycles. The Morgan fingerprint density at radius 3 is 3.00 bits per heavy atom. The van der Waals surface area contributed by atoms with Gasteiger partial charge in [0.2, 0.25) is 0 Å². The Morgan fingerprint density at radius 1 is 1.36 bits per heavy atom. The molecule has 0 amide bonds. The molecular formula is C22H27FN4O. The number of aromatic nitrogens is 1. The highest BCUT2D eigenvalue weighted by molar-refractivity contribution is 5.73. The van der Waals surface area contributed by atoms with E-state index >= 15 is 0 Å². The Morgan fingerprint density at radius 2 is 2.21 bits per heavy atom. The van der Waals surface area contributed by atoms with Crippen LogP contribution in [-0.2, 0) is 0 Å². The van der Waals surface area contributed by atoms with Gasteiger partial charge in [0.1, 0.15) is 17.4 Å². The summed E-state index contributed by atoms with van der Waals surface area (Å²) in [6, 6.07) is 9.51. The standard InChI is InChI=1S/C22H27FN4O/c1-14-9-19(26-21(10-14)27-8-4-5-16(27)12-24)18-11-15(13-25-18)22-17(23)6-3-7-20(22)28-2/h3,6-7,9-10,13,16,18,25H,4-5,8,11-12,24H2,1-2H3/t16-,18?/m1/s1. The molecule has 4 rings (SSSR count). The van der Waals surface area contributed by atoms with Crippen molar-refractivity contribution < 1.29 is 9.13 Å². The van der Waals surface area contributed by atoms with Gasteiger partial charge in [-0.25, -0.2) is 9.37 Å². The lowest BCUT2D eigenvalue weighted by Gasteiger charge is -2.26. The van der Waals surface area contributed by atoms with E-state index in [2.05, 4.69) is 29.3 Å². The minimum atomic E-state index is -0.270. The van der Waals surface area contributed by atoms with E-state index in [0.29, 0.717) is 30.3 Å². The minimum Gasteiger partial charge on any atom is -0.496 e. The topological polar surface area (TPSA) is 63.4 Å². The number of anilines is 1. The first-order chi connectivity index (χ1) is 13.6. The summed E-state index contributed by atoms with van der Waals surface area (Å²) in [7, 11) is 1.57. The predicted molar refractivity (Wildman–Crippen MR) is 110 cm³/mol. The third kappa shape index (κ3) is 3.44. The van der Waals surface area contributed by atoms with E-state index in [1.54, 1.807) is 19.2 Å². The fourth-order valence-corrected chi connectivity index (χ4v) is 4.27. The molecule has 0 spiro atoms. The molecule has 5 nitrogen and oxygen atoms in total. The molecule has 2 aromatic rings. The largest absolute Gasteiger partial charge is 0.496 e. The molecule has 6 heteroatoms. The number of aryl methyl sites for hydroxylation is 1. The fourth-order valence-electron chi connectivity index (χ4n) is 4.27. The first-order valence-corrected chi connectivity index (χ1v) is 9.84. The van der Waals surface area contributed by atoms with Crippen molar-refractivity contribution in [3.63, 3.8) is 0 Å². The maximum atomic E-state index is 14.5. The van der Waals surface area contributed by atoms with Gasteiger partial charge >= 0.3 is 0 Å². The van der Waals surface area contributed by atoms with Gasteiger partial charge in [-0.1, -0.05) is 6.07 Å². The van der Waals surface area contributed by atoms with Gasteiger partial charge in [-0.2, -0.15) is 0 Å². The van der Waals surface area contributed by atoms with Crippen LogP contribution in [0, 0.1) is 12.7 Å². The van der Waals surface area contributed by atoms with Gasteiger partial charge in [-0.3, -0.25) is 0 Å². The van der Waals surface area contributed by atoms with E-state index in [9.17, 15) is 4.39 Å². The van der Waals surface area contributed by atoms with Crippen molar-refractivity contribution in [3.8, 4) is 5.75 Å². The van der Waals surface area contributed by atoms with Gasteiger partial charge in [0.25, 0.3) is 0 Å². The Labute approximate surface area is 165 Å². The summed E-state index contributed by atoms with van der Waals surface area (Å²) in [5.74, 6) is 1.27. The van der Waals surface area contributed by atoms with Crippen molar-refractivity contribution >= 4 is 11.4 Å². The highest BCUT2D eigenvalue weighted by Gasteiger charge is 2.28. The van der Waals surface area contributed by atoms with Crippen LogP contribution >= 0.6 is 0 Å². The van der Waals surface area contributed by atoms with Gasteiger partial charge in [-0.05, 0) is 55.2 Å². The van der Waals surface area contributed by atoms with Gasteiger partial charge < -0.3 is 20.7 Å². The van der Waals surface area contributed by atoms with Crippen molar-refractivity contribution in [2.45, 2.75) is 38.3 Å². The zero-order chi connectivity index (χ0) is 19.7. The number of hydrogen-bond acceptors (Lipinski definition) is 5. The molecule has 1 unspecified atom stereocenters. The van der Waals surface area contributed by atoms with E-state index in [1.165, 1.54) is 11.6 Å². The van der Waals surface area contributed by atoms with Crippen molar-refractivity contribution in [2.24, 2.45) is 5.73 Å². The van der Waals surface area contributed by atoms with Crippen LogP contribution in [0.25, 0.3) is 5.57 Å². The molecule has 0 bridgehead atoms. The SMILES string of the molecule is COc1cccc(F)c1C1=CNC(c2cc(C)cc(N3CCC[C@@H]3CN)n2)C1. The lowest BCUT2D eigenvalue weighted by molar-refractivity contribution is 0.409. The van der Waals surface area contributed by atoms with E-state index in [4.69, 9.17) is 15.5 Å². The highest BCUT2D eigenvalue weighted by atomic mass is 19.1. The van der Waals surface area contributed by atoms with Crippen LogP contribution in [0.3, 0.4) is 0 Å². The van der Waals surface area contributed by atoms with Gasteiger partial charge in [0, 0.05) is 31.8 Å².